The first-order chi connectivity index (χ1) is 6.99. The zero-order chi connectivity index (χ0) is 11.9. The predicted molar refractivity (Wildman–Crippen MR) is 56.5 cm³/mol. The zero-order valence-electron chi connectivity index (χ0n) is 9.71. The molecule has 88 valence electrons. The predicted octanol–water partition coefficient (Wildman–Crippen LogP) is 2.22. The molecular formula is C11H20O4. The van der Waals surface area contributed by atoms with E-state index in [4.69, 9.17) is 9.84 Å². The maximum atomic E-state index is 11.5. The van der Waals surface area contributed by atoms with E-state index in [1.807, 2.05) is 6.92 Å². The molecule has 0 bridgehead atoms. The minimum Gasteiger partial charge on any atom is -0.480 e. The molecule has 0 amide bonds. The van der Waals surface area contributed by atoms with Crippen molar-refractivity contribution < 1.29 is 19.4 Å². The van der Waals surface area contributed by atoms with Gasteiger partial charge in [-0.05, 0) is 20.3 Å². The van der Waals surface area contributed by atoms with Gasteiger partial charge in [0, 0.05) is 0 Å². The van der Waals surface area contributed by atoms with E-state index in [0.29, 0.717) is 6.42 Å². The van der Waals surface area contributed by atoms with E-state index in [1.165, 1.54) is 6.92 Å². The van der Waals surface area contributed by atoms with Crippen LogP contribution in [0.2, 0.25) is 0 Å². The van der Waals surface area contributed by atoms with Gasteiger partial charge >= 0.3 is 11.9 Å². The third-order valence-corrected chi connectivity index (χ3v) is 2.48. The van der Waals surface area contributed by atoms with Gasteiger partial charge in [-0.3, -0.25) is 9.59 Å². The van der Waals surface area contributed by atoms with Crippen molar-refractivity contribution in [1.82, 2.24) is 0 Å². The molecule has 0 heterocycles. The van der Waals surface area contributed by atoms with Crippen molar-refractivity contribution in [3.63, 3.8) is 0 Å². The van der Waals surface area contributed by atoms with Crippen molar-refractivity contribution in [1.29, 1.82) is 0 Å². The fourth-order valence-electron chi connectivity index (χ4n) is 1.32. The summed E-state index contributed by atoms with van der Waals surface area (Å²) in [6.45, 7) is 5.35. The molecule has 0 aliphatic rings. The van der Waals surface area contributed by atoms with Crippen LogP contribution in [-0.2, 0) is 14.3 Å². The van der Waals surface area contributed by atoms with Gasteiger partial charge < -0.3 is 9.84 Å². The lowest BCUT2D eigenvalue weighted by molar-refractivity contribution is -0.167. The van der Waals surface area contributed by atoms with Crippen molar-refractivity contribution >= 4 is 11.9 Å². The Balaban J connectivity index is 4.44. The Kier molecular flexibility index (Phi) is 5.97. The summed E-state index contributed by atoms with van der Waals surface area (Å²) >= 11 is 0. The molecule has 0 saturated heterocycles. The molecule has 15 heavy (non-hydrogen) atoms. The lowest BCUT2D eigenvalue weighted by Crippen LogP contribution is -2.37. The van der Waals surface area contributed by atoms with E-state index in [0.717, 1.165) is 19.3 Å². The average Bonchev–Trinajstić information content (AvgIpc) is 2.18. The topological polar surface area (TPSA) is 63.6 Å². The van der Waals surface area contributed by atoms with Crippen molar-refractivity contribution in [3.8, 4) is 0 Å². The molecule has 4 heteroatoms. The maximum Gasteiger partial charge on any atom is 0.323 e. The third kappa shape index (κ3) is 3.90. The number of hydrogen-bond donors (Lipinski definition) is 1. The molecule has 1 N–H and O–H groups in total. The second kappa shape index (κ2) is 6.43. The summed E-state index contributed by atoms with van der Waals surface area (Å²) in [4.78, 5) is 22.5. The Morgan fingerprint density at radius 2 is 1.87 bits per heavy atom. The minimum absolute atomic E-state index is 0.218. The number of esters is 1. The highest BCUT2D eigenvalue weighted by Crippen LogP contribution is 2.26. The summed E-state index contributed by atoms with van der Waals surface area (Å²) in [5, 5.41) is 9.03. The number of ether oxygens (including phenoxy) is 1. The van der Waals surface area contributed by atoms with Crippen molar-refractivity contribution in [2.24, 2.45) is 5.41 Å². The fourth-order valence-corrected chi connectivity index (χ4v) is 1.32. The summed E-state index contributed by atoms with van der Waals surface area (Å²) in [6.07, 6.45) is 3.01. The van der Waals surface area contributed by atoms with Gasteiger partial charge in [-0.1, -0.05) is 26.2 Å². The highest BCUT2D eigenvalue weighted by atomic mass is 16.5. The first-order valence-electron chi connectivity index (χ1n) is 5.39. The molecule has 4 nitrogen and oxygen atoms in total. The Morgan fingerprint density at radius 3 is 2.27 bits per heavy atom. The number of carboxylic acids is 1. The maximum absolute atomic E-state index is 11.5. The molecule has 0 aliphatic carbocycles. The van der Waals surface area contributed by atoms with Gasteiger partial charge in [-0.15, -0.1) is 0 Å². The van der Waals surface area contributed by atoms with E-state index < -0.39 is 17.4 Å². The molecule has 0 aromatic rings. The molecule has 0 aliphatic heterocycles. The van der Waals surface area contributed by atoms with Crippen molar-refractivity contribution in [2.75, 3.05) is 6.61 Å². The number of rotatable bonds is 7. The van der Waals surface area contributed by atoms with Gasteiger partial charge in [0.05, 0.1) is 6.61 Å². The summed E-state index contributed by atoms with van der Waals surface area (Å²) in [5.74, 6) is -1.73. The van der Waals surface area contributed by atoms with Crippen LogP contribution in [0.25, 0.3) is 0 Å². The van der Waals surface area contributed by atoms with E-state index in [1.54, 1.807) is 6.92 Å². The normalized spacial score (nSPS) is 14.3. The van der Waals surface area contributed by atoms with Gasteiger partial charge in [0.25, 0.3) is 0 Å². The van der Waals surface area contributed by atoms with Crippen LogP contribution in [0.3, 0.4) is 0 Å². The second-order valence-corrected chi connectivity index (χ2v) is 3.81. The second-order valence-electron chi connectivity index (χ2n) is 3.81. The van der Waals surface area contributed by atoms with Gasteiger partial charge in [0.1, 0.15) is 0 Å². The largest absolute Gasteiger partial charge is 0.480 e. The standard InChI is InChI=1S/C11H20O4/c1-4-6-7-8-11(3,9(12)13)10(14)15-5-2/h4-8H2,1-3H3,(H,12,13). The summed E-state index contributed by atoms with van der Waals surface area (Å²) in [6, 6.07) is 0. The Morgan fingerprint density at radius 1 is 1.27 bits per heavy atom. The van der Waals surface area contributed by atoms with E-state index >= 15 is 0 Å². The summed E-state index contributed by atoms with van der Waals surface area (Å²) in [5.41, 5.74) is -1.38. The molecule has 0 aromatic carbocycles. The van der Waals surface area contributed by atoms with Crippen LogP contribution in [0.15, 0.2) is 0 Å². The Hall–Kier alpha value is -1.06. The smallest absolute Gasteiger partial charge is 0.323 e. The summed E-state index contributed by atoms with van der Waals surface area (Å²) in [7, 11) is 0. The Labute approximate surface area is 90.6 Å². The molecule has 0 radical (unpaired) electrons. The van der Waals surface area contributed by atoms with Crippen LogP contribution in [0, 0.1) is 5.41 Å². The van der Waals surface area contributed by atoms with E-state index in [2.05, 4.69) is 0 Å². The molecule has 1 unspecified atom stereocenters. The fraction of sp³-hybridized carbons (Fsp3) is 0.818. The number of unbranched alkanes of at least 4 members (excludes halogenated alkanes) is 2. The van der Waals surface area contributed by atoms with Crippen LogP contribution in [0.4, 0.5) is 0 Å². The molecular weight excluding hydrogens is 196 g/mol. The van der Waals surface area contributed by atoms with Crippen LogP contribution >= 0.6 is 0 Å². The molecule has 0 saturated carbocycles. The number of carbonyl (C=O) groups is 2. The lowest BCUT2D eigenvalue weighted by atomic mass is 9.85. The number of aliphatic carboxylic acids is 1. The van der Waals surface area contributed by atoms with Gasteiger partial charge in [-0.2, -0.15) is 0 Å². The quantitative estimate of drug-likeness (QED) is 0.402. The number of hydrogen-bond acceptors (Lipinski definition) is 3. The van der Waals surface area contributed by atoms with E-state index in [9.17, 15) is 9.59 Å². The lowest BCUT2D eigenvalue weighted by Gasteiger charge is -2.22. The summed E-state index contributed by atoms with van der Waals surface area (Å²) < 4.78 is 4.78. The van der Waals surface area contributed by atoms with Gasteiger partial charge in [0.2, 0.25) is 0 Å². The van der Waals surface area contributed by atoms with Crippen molar-refractivity contribution in [3.05, 3.63) is 0 Å². The first-order valence-corrected chi connectivity index (χ1v) is 5.39. The number of carbonyl (C=O) groups excluding carboxylic acids is 1. The molecule has 0 rings (SSSR count). The Bertz CT molecular complexity index is 225. The van der Waals surface area contributed by atoms with Crippen LogP contribution < -0.4 is 0 Å². The average molecular weight is 216 g/mol. The monoisotopic (exact) mass is 216 g/mol. The van der Waals surface area contributed by atoms with Gasteiger partial charge in [-0.25, -0.2) is 0 Å². The molecule has 1 atom stereocenters. The van der Waals surface area contributed by atoms with Crippen LogP contribution in [0.5, 0.6) is 0 Å². The first kappa shape index (κ1) is 13.9. The molecule has 0 fully saturated rings. The van der Waals surface area contributed by atoms with Crippen LogP contribution in [-0.4, -0.2) is 23.7 Å². The zero-order valence-corrected chi connectivity index (χ0v) is 9.71. The molecule has 0 spiro atoms. The SMILES string of the molecule is CCCCCC(C)(C(=O)O)C(=O)OCC. The van der Waals surface area contributed by atoms with E-state index in [-0.39, 0.29) is 6.61 Å². The third-order valence-electron chi connectivity index (χ3n) is 2.48. The van der Waals surface area contributed by atoms with Crippen molar-refractivity contribution in [2.45, 2.75) is 46.5 Å². The number of carboxylic acid groups (broad SMARTS) is 1. The van der Waals surface area contributed by atoms with Crippen LogP contribution in [0.1, 0.15) is 46.5 Å². The minimum atomic E-state index is -1.38. The molecule has 0 aromatic heterocycles. The highest BCUT2D eigenvalue weighted by Gasteiger charge is 2.42. The van der Waals surface area contributed by atoms with Gasteiger partial charge in [0.15, 0.2) is 5.41 Å². The highest BCUT2D eigenvalue weighted by molar-refractivity contribution is 5.98.